The highest BCUT2D eigenvalue weighted by Gasteiger charge is 2.21. The smallest absolute Gasteiger partial charge is 0.274 e. The molecule has 1 aliphatic rings. The van der Waals surface area contributed by atoms with Crippen LogP contribution in [0.15, 0.2) is 72.0 Å². The Hall–Kier alpha value is -2.88. The number of aromatic nitrogens is 1. The highest BCUT2D eigenvalue weighted by atomic mass is 15.5. The molecule has 2 aromatic carbocycles. The van der Waals surface area contributed by atoms with Crippen molar-refractivity contribution in [3.63, 3.8) is 0 Å². The zero-order valence-electron chi connectivity index (χ0n) is 13.6. The second kappa shape index (κ2) is 6.71. The number of rotatable bonds is 3. The van der Waals surface area contributed by atoms with Crippen molar-refractivity contribution in [3.8, 4) is 0 Å². The van der Waals surface area contributed by atoms with Crippen molar-refractivity contribution in [1.29, 1.82) is 0 Å². The van der Waals surface area contributed by atoms with Crippen LogP contribution in [-0.2, 0) is 0 Å². The molecule has 0 spiro atoms. The molecule has 3 aromatic rings. The fourth-order valence-electron chi connectivity index (χ4n) is 3.14. The number of fused-ring (bicyclic) bond motifs is 1. The minimum absolute atomic E-state index is 0.935. The number of hydrogen-bond donors (Lipinski definition) is 0. The number of pyridine rings is 1. The number of piperazine rings is 1. The molecule has 1 aliphatic heterocycles. The second-order valence-corrected chi connectivity index (χ2v) is 6.00. The number of nitrogens with zero attached hydrogens (tertiary/aromatic N) is 3. The van der Waals surface area contributed by atoms with Gasteiger partial charge in [-0.15, -0.1) is 0 Å². The van der Waals surface area contributed by atoms with E-state index in [2.05, 4.69) is 69.5 Å². The number of hydrazone groups is 1. The Morgan fingerprint density at radius 1 is 0.833 bits per heavy atom. The number of nitrogens with one attached hydrogen (secondary N) is 1. The van der Waals surface area contributed by atoms with Crippen molar-refractivity contribution in [2.24, 2.45) is 5.10 Å². The van der Waals surface area contributed by atoms with E-state index in [9.17, 15) is 0 Å². The molecule has 2 heterocycles. The number of anilines is 1. The maximum Gasteiger partial charge on any atom is 0.274 e. The standard InChI is InChI=1S/C20H20N4/c1-2-9-19-17(6-1)7-5-8-18(19)16-22-24-14-12-23(13-15-24)20-10-3-4-11-21-20/h1-11,16H,12-15H2/p+1. The van der Waals surface area contributed by atoms with Crippen molar-refractivity contribution in [2.75, 3.05) is 31.1 Å². The summed E-state index contributed by atoms with van der Waals surface area (Å²) in [6.45, 7) is 3.83. The van der Waals surface area contributed by atoms with E-state index in [-0.39, 0.29) is 0 Å². The first-order valence-corrected chi connectivity index (χ1v) is 8.38. The lowest BCUT2D eigenvalue weighted by Gasteiger charge is -2.28. The fraction of sp³-hybridized carbons (Fsp3) is 0.200. The van der Waals surface area contributed by atoms with Crippen LogP contribution in [-0.4, -0.2) is 37.4 Å². The first-order valence-electron chi connectivity index (χ1n) is 8.38. The Balaban J connectivity index is 1.44. The van der Waals surface area contributed by atoms with Gasteiger partial charge in [-0.05, 0) is 16.8 Å². The van der Waals surface area contributed by atoms with Gasteiger partial charge in [-0.25, -0.2) is 4.98 Å². The van der Waals surface area contributed by atoms with Crippen LogP contribution in [0.4, 0.5) is 5.82 Å². The lowest BCUT2D eigenvalue weighted by Crippen LogP contribution is -2.45. The van der Waals surface area contributed by atoms with Gasteiger partial charge >= 0.3 is 0 Å². The molecule has 0 aliphatic carbocycles. The quantitative estimate of drug-likeness (QED) is 0.696. The zero-order chi connectivity index (χ0) is 16.2. The first-order chi connectivity index (χ1) is 11.9. The summed E-state index contributed by atoms with van der Waals surface area (Å²) in [6, 6.07) is 21.0. The molecule has 1 N–H and O–H groups in total. The van der Waals surface area contributed by atoms with Gasteiger partial charge in [-0.2, -0.15) is 5.10 Å². The first kappa shape index (κ1) is 14.7. The average Bonchev–Trinajstić information content (AvgIpc) is 2.67. The third-order valence-corrected chi connectivity index (χ3v) is 4.47. The molecule has 0 amide bonds. The highest BCUT2D eigenvalue weighted by molar-refractivity contribution is 5.99. The summed E-state index contributed by atoms with van der Waals surface area (Å²) in [6.07, 6.45) is 3.97. The molecular weight excluding hydrogens is 296 g/mol. The molecule has 1 aromatic heterocycles. The van der Waals surface area contributed by atoms with Gasteiger partial charge in [-0.1, -0.05) is 48.5 Å². The Labute approximate surface area is 142 Å². The van der Waals surface area contributed by atoms with Gasteiger partial charge in [-0.3, -0.25) is 9.91 Å². The molecule has 1 saturated heterocycles. The highest BCUT2D eigenvalue weighted by Crippen LogP contribution is 2.17. The maximum absolute atomic E-state index is 4.70. The van der Waals surface area contributed by atoms with Gasteiger partial charge in [0.15, 0.2) is 0 Å². The van der Waals surface area contributed by atoms with Crippen molar-refractivity contribution in [2.45, 2.75) is 0 Å². The lowest BCUT2D eigenvalue weighted by molar-refractivity contribution is -0.364. The van der Waals surface area contributed by atoms with Gasteiger partial charge in [0.25, 0.3) is 5.82 Å². The molecule has 0 radical (unpaired) electrons. The normalized spacial score (nSPS) is 15.3. The minimum atomic E-state index is 0.935. The van der Waals surface area contributed by atoms with Crippen molar-refractivity contribution < 1.29 is 4.98 Å². The Kier molecular flexibility index (Phi) is 4.11. The third kappa shape index (κ3) is 3.08. The maximum atomic E-state index is 4.70. The van der Waals surface area contributed by atoms with E-state index in [1.54, 1.807) is 0 Å². The Morgan fingerprint density at radius 3 is 2.46 bits per heavy atom. The van der Waals surface area contributed by atoms with Crippen LogP contribution in [0.25, 0.3) is 10.8 Å². The zero-order valence-corrected chi connectivity index (χ0v) is 13.6. The average molecular weight is 317 g/mol. The molecule has 24 heavy (non-hydrogen) atoms. The van der Waals surface area contributed by atoms with Crippen molar-refractivity contribution in [3.05, 3.63) is 72.4 Å². The van der Waals surface area contributed by atoms with Crippen LogP contribution in [0, 0.1) is 0 Å². The van der Waals surface area contributed by atoms with Crippen LogP contribution in [0.2, 0.25) is 0 Å². The molecule has 0 saturated carbocycles. The molecule has 4 nitrogen and oxygen atoms in total. The molecule has 0 unspecified atom stereocenters. The SMILES string of the molecule is C(=NN1CCN(c2cccc[nH+]2)CC1)c1cccc2ccccc12. The topological polar surface area (TPSA) is 33.0 Å². The molecular formula is C20H21N4+. The largest absolute Gasteiger partial charge is 0.289 e. The fourth-order valence-corrected chi connectivity index (χ4v) is 3.14. The predicted molar refractivity (Wildman–Crippen MR) is 98.3 cm³/mol. The number of aromatic amines is 1. The summed E-state index contributed by atoms with van der Waals surface area (Å²) >= 11 is 0. The summed E-state index contributed by atoms with van der Waals surface area (Å²) in [4.78, 5) is 5.66. The van der Waals surface area contributed by atoms with E-state index >= 15 is 0 Å². The van der Waals surface area contributed by atoms with E-state index < -0.39 is 0 Å². The molecule has 120 valence electrons. The molecule has 0 bridgehead atoms. The van der Waals surface area contributed by atoms with Crippen LogP contribution in [0.1, 0.15) is 5.56 Å². The number of benzene rings is 2. The summed E-state index contributed by atoms with van der Waals surface area (Å²) in [5.41, 5.74) is 1.17. The summed E-state index contributed by atoms with van der Waals surface area (Å²) in [5, 5.41) is 9.36. The summed E-state index contributed by atoms with van der Waals surface area (Å²) in [7, 11) is 0. The van der Waals surface area contributed by atoms with Gasteiger partial charge in [0.2, 0.25) is 0 Å². The van der Waals surface area contributed by atoms with Crippen molar-refractivity contribution in [1.82, 2.24) is 5.01 Å². The monoisotopic (exact) mass is 317 g/mol. The van der Waals surface area contributed by atoms with Crippen LogP contribution >= 0.6 is 0 Å². The molecule has 4 rings (SSSR count). The van der Waals surface area contributed by atoms with Crippen LogP contribution in [0.3, 0.4) is 0 Å². The van der Waals surface area contributed by atoms with Gasteiger partial charge in [0.05, 0.1) is 25.5 Å². The van der Waals surface area contributed by atoms with E-state index in [4.69, 9.17) is 5.10 Å². The Morgan fingerprint density at radius 2 is 1.62 bits per heavy atom. The Bertz CT molecular complexity index is 831. The second-order valence-electron chi connectivity index (χ2n) is 6.00. The summed E-state index contributed by atoms with van der Waals surface area (Å²) in [5.74, 6) is 1.18. The van der Waals surface area contributed by atoms with Crippen molar-refractivity contribution >= 4 is 22.8 Å². The van der Waals surface area contributed by atoms with E-state index in [0.29, 0.717) is 0 Å². The van der Waals surface area contributed by atoms with E-state index in [1.807, 2.05) is 18.5 Å². The molecule has 0 atom stereocenters. The van der Waals surface area contributed by atoms with Crippen LogP contribution < -0.4 is 9.88 Å². The van der Waals surface area contributed by atoms with Crippen LogP contribution in [0.5, 0.6) is 0 Å². The lowest BCUT2D eigenvalue weighted by atomic mass is 10.1. The minimum Gasteiger partial charge on any atom is -0.289 e. The predicted octanol–water partition coefficient (Wildman–Crippen LogP) is 2.81. The number of hydrogen-bond acceptors (Lipinski definition) is 3. The van der Waals surface area contributed by atoms with E-state index in [1.165, 1.54) is 22.2 Å². The molecule has 4 heteroatoms. The third-order valence-electron chi connectivity index (χ3n) is 4.47. The number of H-pyrrole nitrogens is 1. The molecule has 1 fully saturated rings. The van der Waals surface area contributed by atoms with Gasteiger partial charge in [0.1, 0.15) is 13.1 Å². The summed E-state index contributed by atoms with van der Waals surface area (Å²) < 4.78 is 0. The van der Waals surface area contributed by atoms with E-state index in [0.717, 1.165) is 26.2 Å². The van der Waals surface area contributed by atoms with Gasteiger partial charge < -0.3 is 0 Å². The van der Waals surface area contributed by atoms with Gasteiger partial charge in [0, 0.05) is 11.6 Å².